The molecule has 1 fully saturated rings. The summed E-state index contributed by atoms with van der Waals surface area (Å²) in [7, 11) is 0. The molecule has 2 rings (SSSR count). The zero-order valence-electron chi connectivity index (χ0n) is 12.7. The van der Waals surface area contributed by atoms with Crippen molar-refractivity contribution in [2.45, 2.75) is 50.2 Å². The minimum atomic E-state index is 0.359. The van der Waals surface area contributed by atoms with Gasteiger partial charge in [0.25, 0.3) is 0 Å². The van der Waals surface area contributed by atoms with Gasteiger partial charge in [-0.15, -0.1) is 0 Å². The monoisotopic (exact) mass is 310 g/mol. The van der Waals surface area contributed by atoms with Gasteiger partial charge in [-0.05, 0) is 37.8 Å². The Morgan fingerprint density at radius 1 is 1.30 bits per heavy atom. The van der Waals surface area contributed by atoms with Gasteiger partial charge >= 0.3 is 0 Å². The summed E-state index contributed by atoms with van der Waals surface area (Å²) in [5.74, 6) is 8.41. The van der Waals surface area contributed by atoms with Crippen molar-refractivity contribution in [1.29, 1.82) is 0 Å². The van der Waals surface area contributed by atoms with E-state index in [4.69, 9.17) is 5.84 Å². The fraction of sp³-hybridized carbons (Fsp3) is 0.625. The second-order valence-electron chi connectivity index (χ2n) is 5.56. The van der Waals surface area contributed by atoms with Crippen molar-refractivity contribution in [1.82, 2.24) is 5.43 Å². The Morgan fingerprint density at radius 3 is 2.75 bits per heavy atom. The average Bonchev–Trinajstić information content (AvgIpc) is 2.48. The Hall–Kier alpha value is -0.160. The molecule has 0 aromatic heterocycles. The van der Waals surface area contributed by atoms with Gasteiger partial charge in [-0.2, -0.15) is 23.5 Å². The van der Waals surface area contributed by atoms with Crippen molar-refractivity contribution in [3.63, 3.8) is 0 Å². The van der Waals surface area contributed by atoms with Crippen LogP contribution in [0.25, 0.3) is 0 Å². The third-order valence-electron chi connectivity index (χ3n) is 4.05. The Kier molecular flexibility index (Phi) is 6.27. The summed E-state index contributed by atoms with van der Waals surface area (Å²) >= 11 is 4.21. The molecule has 20 heavy (non-hydrogen) atoms. The molecule has 3 N–H and O–H groups in total. The van der Waals surface area contributed by atoms with Crippen molar-refractivity contribution in [3.8, 4) is 0 Å². The molecule has 0 amide bonds. The van der Waals surface area contributed by atoms with Gasteiger partial charge in [0.05, 0.1) is 0 Å². The van der Waals surface area contributed by atoms with E-state index in [2.05, 4.69) is 67.9 Å². The van der Waals surface area contributed by atoms with Crippen molar-refractivity contribution >= 4 is 23.5 Å². The minimum Gasteiger partial charge on any atom is -0.271 e. The van der Waals surface area contributed by atoms with E-state index in [0.29, 0.717) is 11.3 Å². The lowest BCUT2D eigenvalue weighted by atomic mass is 9.96. The Morgan fingerprint density at radius 2 is 2.05 bits per heavy atom. The zero-order valence-corrected chi connectivity index (χ0v) is 14.3. The van der Waals surface area contributed by atoms with Gasteiger partial charge in [0.15, 0.2) is 0 Å². The number of thioether (sulfide) groups is 2. The highest BCUT2D eigenvalue weighted by molar-refractivity contribution is 8.07. The molecule has 3 atom stereocenters. The van der Waals surface area contributed by atoms with Crippen LogP contribution in [-0.2, 0) is 6.42 Å². The normalized spacial score (nSPS) is 24.6. The molecule has 0 aliphatic carbocycles. The summed E-state index contributed by atoms with van der Waals surface area (Å²) in [4.78, 5) is 0. The van der Waals surface area contributed by atoms with E-state index in [1.54, 1.807) is 0 Å². The molecule has 0 saturated carbocycles. The highest BCUT2D eigenvalue weighted by atomic mass is 32.2. The second-order valence-corrected chi connectivity index (χ2v) is 8.19. The molecule has 4 heteroatoms. The predicted octanol–water partition coefficient (Wildman–Crippen LogP) is 3.31. The van der Waals surface area contributed by atoms with Crippen LogP contribution in [0, 0.1) is 13.8 Å². The zero-order chi connectivity index (χ0) is 14.5. The van der Waals surface area contributed by atoms with Crippen molar-refractivity contribution in [3.05, 3.63) is 34.9 Å². The van der Waals surface area contributed by atoms with Crippen molar-refractivity contribution < 1.29 is 0 Å². The van der Waals surface area contributed by atoms with Crippen molar-refractivity contribution in [2.75, 3.05) is 11.5 Å². The molecular formula is C16H26N2S2. The fourth-order valence-corrected chi connectivity index (χ4v) is 6.08. The molecule has 1 aliphatic rings. The number of hydrogen-bond acceptors (Lipinski definition) is 4. The minimum absolute atomic E-state index is 0.359. The predicted molar refractivity (Wildman–Crippen MR) is 93.5 cm³/mol. The molecule has 0 spiro atoms. The summed E-state index contributed by atoms with van der Waals surface area (Å²) < 4.78 is 0. The van der Waals surface area contributed by atoms with Crippen LogP contribution in [0.3, 0.4) is 0 Å². The SMILES string of the molecule is CCC1SCCSC1C(Cc1cc(C)ccc1C)NN. The number of hydrogen-bond donors (Lipinski definition) is 2. The first-order valence-electron chi connectivity index (χ1n) is 7.41. The highest BCUT2D eigenvalue weighted by Gasteiger charge is 2.31. The molecule has 2 nitrogen and oxygen atoms in total. The van der Waals surface area contributed by atoms with E-state index in [1.807, 2.05) is 0 Å². The molecule has 1 heterocycles. The number of hydrazine groups is 1. The Bertz CT molecular complexity index is 436. The third kappa shape index (κ3) is 3.94. The fourth-order valence-electron chi connectivity index (χ4n) is 2.84. The topological polar surface area (TPSA) is 38.0 Å². The third-order valence-corrected chi connectivity index (χ3v) is 7.46. The number of nitrogens with two attached hydrogens (primary N) is 1. The molecule has 0 bridgehead atoms. The van der Waals surface area contributed by atoms with Crippen LogP contribution in [0.1, 0.15) is 30.0 Å². The van der Waals surface area contributed by atoms with Crippen LogP contribution in [-0.4, -0.2) is 28.0 Å². The molecule has 1 aromatic rings. The van der Waals surface area contributed by atoms with Crippen LogP contribution in [0.2, 0.25) is 0 Å². The Labute approximate surface area is 131 Å². The molecule has 1 saturated heterocycles. The Balaban J connectivity index is 2.13. The van der Waals surface area contributed by atoms with Gasteiger partial charge in [-0.3, -0.25) is 11.3 Å². The smallest absolute Gasteiger partial charge is 0.0380 e. The number of benzene rings is 1. The largest absolute Gasteiger partial charge is 0.271 e. The summed E-state index contributed by atoms with van der Waals surface area (Å²) in [5, 5.41) is 1.34. The van der Waals surface area contributed by atoms with Gasteiger partial charge in [-0.1, -0.05) is 30.7 Å². The van der Waals surface area contributed by atoms with Crippen LogP contribution in [0.5, 0.6) is 0 Å². The first-order chi connectivity index (χ1) is 9.65. The lowest BCUT2D eigenvalue weighted by Gasteiger charge is -2.36. The average molecular weight is 311 g/mol. The van der Waals surface area contributed by atoms with Gasteiger partial charge in [0.2, 0.25) is 0 Å². The van der Waals surface area contributed by atoms with E-state index < -0.39 is 0 Å². The number of aryl methyl sites for hydroxylation is 2. The number of rotatable bonds is 5. The summed E-state index contributed by atoms with van der Waals surface area (Å²) in [6.45, 7) is 6.65. The molecule has 112 valence electrons. The lowest BCUT2D eigenvalue weighted by Crippen LogP contribution is -2.49. The van der Waals surface area contributed by atoms with Crippen LogP contribution in [0.15, 0.2) is 18.2 Å². The van der Waals surface area contributed by atoms with E-state index in [0.717, 1.165) is 11.7 Å². The first-order valence-corrected chi connectivity index (χ1v) is 9.51. The summed E-state index contributed by atoms with van der Waals surface area (Å²) in [6.07, 6.45) is 2.26. The maximum Gasteiger partial charge on any atom is 0.0380 e. The molecular weight excluding hydrogens is 284 g/mol. The molecule has 0 radical (unpaired) electrons. The van der Waals surface area contributed by atoms with E-state index in [1.165, 1.54) is 34.6 Å². The van der Waals surface area contributed by atoms with Gasteiger partial charge in [0.1, 0.15) is 0 Å². The maximum absolute atomic E-state index is 5.88. The van der Waals surface area contributed by atoms with Crippen LogP contribution >= 0.6 is 23.5 Å². The van der Waals surface area contributed by atoms with Gasteiger partial charge in [-0.25, -0.2) is 0 Å². The van der Waals surface area contributed by atoms with Gasteiger partial charge < -0.3 is 0 Å². The van der Waals surface area contributed by atoms with E-state index in [9.17, 15) is 0 Å². The lowest BCUT2D eigenvalue weighted by molar-refractivity contribution is 0.489. The summed E-state index contributed by atoms with van der Waals surface area (Å²) in [5.41, 5.74) is 7.23. The van der Waals surface area contributed by atoms with E-state index >= 15 is 0 Å². The number of nitrogens with one attached hydrogen (secondary N) is 1. The van der Waals surface area contributed by atoms with Crippen LogP contribution < -0.4 is 11.3 Å². The first kappa shape index (κ1) is 16.2. The van der Waals surface area contributed by atoms with Gasteiger partial charge in [0, 0.05) is 28.0 Å². The van der Waals surface area contributed by atoms with E-state index in [-0.39, 0.29) is 0 Å². The second kappa shape index (κ2) is 7.74. The summed E-state index contributed by atoms with van der Waals surface area (Å²) in [6, 6.07) is 7.07. The molecule has 1 aliphatic heterocycles. The maximum atomic E-state index is 5.88. The van der Waals surface area contributed by atoms with Crippen LogP contribution in [0.4, 0.5) is 0 Å². The quantitative estimate of drug-likeness (QED) is 0.646. The standard InChI is InChI=1S/C16H26N2S2/c1-4-15-16(20-8-7-19-15)14(18-17)10-13-9-11(2)5-6-12(13)3/h5-6,9,14-16,18H,4,7-8,10,17H2,1-3H3. The highest BCUT2D eigenvalue weighted by Crippen LogP contribution is 2.36. The molecule has 1 aromatic carbocycles. The van der Waals surface area contributed by atoms with Crippen molar-refractivity contribution in [2.24, 2.45) is 5.84 Å². The molecule has 3 unspecified atom stereocenters.